The zero-order chi connectivity index (χ0) is 14.1. The Morgan fingerprint density at radius 1 is 1.48 bits per heavy atom. The van der Waals surface area contributed by atoms with Gasteiger partial charge in [-0.1, -0.05) is 0 Å². The number of nitrogens with two attached hydrogens (primary N) is 1. The van der Waals surface area contributed by atoms with Crippen LogP contribution in [0.2, 0.25) is 0 Å². The zero-order valence-corrected chi connectivity index (χ0v) is 12.7. The van der Waals surface area contributed by atoms with Gasteiger partial charge in [0.15, 0.2) is 0 Å². The van der Waals surface area contributed by atoms with Gasteiger partial charge < -0.3 is 20.1 Å². The summed E-state index contributed by atoms with van der Waals surface area (Å²) in [7, 11) is 1.62. The van der Waals surface area contributed by atoms with Crippen LogP contribution in [0.25, 0.3) is 6.08 Å². The van der Waals surface area contributed by atoms with Crippen LogP contribution in [-0.2, 0) is 4.79 Å². The van der Waals surface area contributed by atoms with Gasteiger partial charge in [0, 0.05) is 24.7 Å². The molecule has 2 aliphatic heterocycles. The average Bonchev–Trinajstić information content (AvgIpc) is 2.91. The van der Waals surface area contributed by atoms with Gasteiger partial charge in [-0.15, -0.1) is 12.4 Å². The molecule has 2 heterocycles. The number of halogens is 1. The van der Waals surface area contributed by atoms with Crippen molar-refractivity contribution in [2.24, 2.45) is 5.73 Å². The van der Waals surface area contributed by atoms with Crippen molar-refractivity contribution in [3.63, 3.8) is 0 Å². The fourth-order valence-electron chi connectivity index (χ4n) is 2.58. The fraction of sp³-hybridized carbons (Fsp3) is 0.400. The number of nitrogens with zero attached hydrogens (tertiary/aromatic N) is 1. The number of hydrogen-bond acceptors (Lipinski definition) is 4. The fourth-order valence-corrected chi connectivity index (χ4v) is 2.58. The maximum absolute atomic E-state index is 12.4. The highest BCUT2D eigenvalue weighted by molar-refractivity contribution is 5.99. The number of amides is 1. The van der Waals surface area contributed by atoms with Crippen molar-refractivity contribution in [3.05, 3.63) is 29.3 Å². The predicted octanol–water partition coefficient (Wildman–Crippen LogP) is 1.45. The molecule has 21 heavy (non-hydrogen) atoms. The molecule has 2 N–H and O–H groups in total. The van der Waals surface area contributed by atoms with Crippen molar-refractivity contribution in [2.75, 3.05) is 26.8 Å². The van der Waals surface area contributed by atoms with Gasteiger partial charge in [0.1, 0.15) is 18.1 Å². The molecule has 0 radical (unpaired) electrons. The Bertz CT molecular complexity index is 574. The third-order valence-corrected chi connectivity index (χ3v) is 3.72. The minimum atomic E-state index is 0. The molecule has 0 saturated carbocycles. The van der Waals surface area contributed by atoms with Gasteiger partial charge in [-0.2, -0.15) is 0 Å². The Balaban J connectivity index is 0.00000161. The number of rotatable bonds is 2. The highest BCUT2D eigenvalue weighted by atomic mass is 35.5. The molecule has 0 aliphatic carbocycles. The van der Waals surface area contributed by atoms with Crippen LogP contribution in [0, 0.1) is 0 Å². The number of carbonyl (C=O) groups excluding carboxylic acids is 1. The first-order chi connectivity index (χ1) is 9.67. The lowest BCUT2D eigenvalue weighted by atomic mass is 10.1. The number of fused-ring (bicyclic) bond motifs is 1. The standard InChI is InChI=1S/C15H18N2O3.ClH/c1-19-13-2-3-14-10(7-13)6-11(9-20-14)15(18)17-5-4-12(16)8-17;/h2-3,6-7,12H,4-5,8-9,16H2,1H3;1H/t12-;/m1./s1. The molecule has 1 fully saturated rings. The average molecular weight is 311 g/mol. The molecule has 0 aromatic heterocycles. The van der Waals surface area contributed by atoms with Gasteiger partial charge in [0.05, 0.1) is 12.7 Å². The van der Waals surface area contributed by atoms with Gasteiger partial charge in [-0.25, -0.2) is 0 Å². The van der Waals surface area contributed by atoms with E-state index in [0.29, 0.717) is 18.7 Å². The van der Waals surface area contributed by atoms with E-state index in [1.807, 2.05) is 24.3 Å². The summed E-state index contributed by atoms with van der Waals surface area (Å²) in [5.41, 5.74) is 7.39. The molecule has 3 rings (SSSR count). The molecular weight excluding hydrogens is 292 g/mol. The van der Waals surface area contributed by atoms with Crippen molar-refractivity contribution < 1.29 is 14.3 Å². The van der Waals surface area contributed by atoms with E-state index in [1.54, 1.807) is 12.0 Å². The molecule has 6 heteroatoms. The topological polar surface area (TPSA) is 64.8 Å². The van der Waals surface area contributed by atoms with Gasteiger partial charge in [0.2, 0.25) is 0 Å². The van der Waals surface area contributed by atoms with Crippen molar-refractivity contribution in [1.29, 1.82) is 0 Å². The highest BCUT2D eigenvalue weighted by Crippen LogP contribution is 2.30. The predicted molar refractivity (Wildman–Crippen MR) is 82.9 cm³/mol. The van der Waals surface area contributed by atoms with Crippen LogP contribution in [0.15, 0.2) is 23.8 Å². The van der Waals surface area contributed by atoms with E-state index < -0.39 is 0 Å². The molecule has 0 bridgehead atoms. The molecule has 1 aromatic rings. The number of benzene rings is 1. The second kappa shape index (κ2) is 6.37. The molecule has 1 saturated heterocycles. The van der Waals surface area contributed by atoms with Crippen LogP contribution in [0.3, 0.4) is 0 Å². The third-order valence-electron chi connectivity index (χ3n) is 3.72. The number of methoxy groups -OCH3 is 1. The van der Waals surface area contributed by atoms with E-state index >= 15 is 0 Å². The normalized spacial score (nSPS) is 20.0. The first-order valence-corrected chi connectivity index (χ1v) is 6.73. The second-order valence-corrected chi connectivity index (χ2v) is 5.16. The van der Waals surface area contributed by atoms with Gasteiger partial charge in [-0.3, -0.25) is 4.79 Å². The van der Waals surface area contributed by atoms with E-state index in [0.717, 1.165) is 30.0 Å². The van der Waals surface area contributed by atoms with Crippen LogP contribution in [0.1, 0.15) is 12.0 Å². The second-order valence-electron chi connectivity index (χ2n) is 5.16. The molecule has 5 nitrogen and oxygen atoms in total. The summed E-state index contributed by atoms with van der Waals surface area (Å²) >= 11 is 0. The quantitative estimate of drug-likeness (QED) is 0.898. The van der Waals surface area contributed by atoms with Gasteiger partial charge >= 0.3 is 0 Å². The van der Waals surface area contributed by atoms with Crippen LogP contribution in [-0.4, -0.2) is 43.7 Å². The number of ether oxygens (including phenoxy) is 2. The first kappa shape index (κ1) is 15.7. The van der Waals surface area contributed by atoms with Gasteiger partial charge in [-0.05, 0) is 30.7 Å². The maximum atomic E-state index is 12.4. The van der Waals surface area contributed by atoms with E-state index in [-0.39, 0.29) is 24.4 Å². The van der Waals surface area contributed by atoms with Gasteiger partial charge in [0.25, 0.3) is 5.91 Å². The molecule has 0 unspecified atom stereocenters. The van der Waals surface area contributed by atoms with Crippen LogP contribution < -0.4 is 15.2 Å². The van der Waals surface area contributed by atoms with Crippen molar-refractivity contribution >= 4 is 24.4 Å². The summed E-state index contributed by atoms with van der Waals surface area (Å²) in [4.78, 5) is 14.2. The summed E-state index contributed by atoms with van der Waals surface area (Å²) in [5.74, 6) is 1.55. The third kappa shape index (κ3) is 3.14. The van der Waals surface area contributed by atoms with Crippen molar-refractivity contribution in [3.8, 4) is 11.5 Å². The Hall–Kier alpha value is -1.72. The highest BCUT2D eigenvalue weighted by Gasteiger charge is 2.27. The summed E-state index contributed by atoms with van der Waals surface area (Å²) in [6.07, 6.45) is 2.75. The van der Waals surface area contributed by atoms with Crippen LogP contribution in [0.5, 0.6) is 11.5 Å². The minimum absolute atomic E-state index is 0. The summed E-state index contributed by atoms with van der Waals surface area (Å²) in [6.45, 7) is 1.66. The van der Waals surface area contributed by atoms with Crippen molar-refractivity contribution in [1.82, 2.24) is 4.90 Å². The molecule has 114 valence electrons. The lowest BCUT2D eigenvalue weighted by Crippen LogP contribution is -2.34. The molecule has 0 spiro atoms. The number of carbonyl (C=O) groups is 1. The van der Waals surface area contributed by atoms with Crippen molar-refractivity contribution in [2.45, 2.75) is 12.5 Å². The first-order valence-electron chi connectivity index (χ1n) is 6.73. The summed E-state index contributed by atoms with van der Waals surface area (Å²) in [5, 5.41) is 0. The Morgan fingerprint density at radius 3 is 2.95 bits per heavy atom. The lowest BCUT2D eigenvalue weighted by Gasteiger charge is -2.22. The monoisotopic (exact) mass is 310 g/mol. The summed E-state index contributed by atoms with van der Waals surface area (Å²) < 4.78 is 10.8. The van der Waals surface area contributed by atoms with E-state index in [9.17, 15) is 4.79 Å². The molecule has 1 atom stereocenters. The van der Waals surface area contributed by atoms with E-state index in [1.165, 1.54) is 0 Å². The largest absolute Gasteiger partial charge is 0.497 e. The minimum Gasteiger partial charge on any atom is -0.497 e. The van der Waals surface area contributed by atoms with E-state index in [2.05, 4.69) is 0 Å². The Labute approximate surface area is 130 Å². The zero-order valence-electron chi connectivity index (χ0n) is 11.9. The Morgan fingerprint density at radius 2 is 2.29 bits per heavy atom. The lowest BCUT2D eigenvalue weighted by molar-refractivity contribution is -0.126. The molecule has 2 aliphatic rings. The van der Waals surface area contributed by atoms with Crippen LogP contribution >= 0.6 is 12.4 Å². The van der Waals surface area contributed by atoms with Crippen LogP contribution in [0.4, 0.5) is 0 Å². The smallest absolute Gasteiger partial charge is 0.253 e. The molecular formula is C15H19ClN2O3. The SMILES string of the molecule is COc1ccc2c(c1)C=C(C(=O)N1CC[C@@H](N)C1)CO2.Cl. The maximum Gasteiger partial charge on any atom is 0.253 e. The summed E-state index contributed by atoms with van der Waals surface area (Å²) in [6, 6.07) is 5.67. The number of hydrogen-bond donors (Lipinski definition) is 1. The Kier molecular flexibility index (Phi) is 4.75. The molecule has 1 aromatic carbocycles. The molecule has 1 amide bonds. The number of likely N-dealkylation sites (tertiary alicyclic amines) is 1. The van der Waals surface area contributed by atoms with E-state index in [4.69, 9.17) is 15.2 Å².